The fourth-order valence-corrected chi connectivity index (χ4v) is 2.60. The van der Waals surface area contributed by atoms with Crippen LogP contribution in [-0.4, -0.2) is 10.9 Å². The molecule has 2 nitrogen and oxygen atoms in total. The Bertz CT molecular complexity index is 528. The van der Waals surface area contributed by atoms with Gasteiger partial charge in [-0.25, -0.2) is 0 Å². The highest BCUT2D eigenvalue weighted by atomic mass is 32.1. The number of hydrogen-bond acceptors (Lipinski definition) is 3. The molecular formula is C13H13NOS. The number of rotatable bonds is 2. The Morgan fingerprint density at radius 1 is 1.12 bits per heavy atom. The second-order valence-corrected chi connectivity index (χ2v) is 4.61. The van der Waals surface area contributed by atoms with Crippen LogP contribution in [0.1, 0.15) is 21.6 Å². The minimum absolute atomic E-state index is 0.658. The van der Waals surface area contributed by atoms with Gasteiger partial charge < -0.3 is 5.21 Å². The molecule has 1 aromatic carbocycles. The predicted molar refractivity (Wildman–Crippen MR) is 67.7 cm³/mol. The molecule has 82 valence electrons. The summed E-state index contributed by atoms with van der Waals surface area (Å²) in [6.07, 6.45) is 0. The first-order chi connectivity index (χ1) is 7.74. The van der Waals surface area contributed by atoms with Gasteiger partial charge in [-0.15, -0.1) is 11.3 Å². The van der Waals surface area contributed by atoms with E-state index in [4.69, 9.17) is 0 Å². The maximum atomic E-state index is 9.19. The first-order valence-corrected chi connectivity index (χ1v) is 5.94. The smallest absolute Gasteiger partial charge is 0.127 e. The Labute approximate surface area is 98.9 Å². The van der Waals surface area contributed by atoms with E-state index in [2.05, 4.69) is 5.16 Å². The summed E-state index contributed by atoms with van der Waals surface area (Å²) in [5.74, 6) is 0. The molecule has 0 saturated carbocycles. The maximum absolute atomic E-state index is 9.19. The monoisotopic (exact) mass is 231 g/mol. The van der Waals surface area contributed by atoms with Gasteiger partial charge in [0.1, 0.15) is 5.71 Å². The summed E-state index contributed by atoms with van der Waals surface area (Å²) in [4.78, 5) is 1.02. The van der Waals surface area contributed by atoms with E-state index in [1.165, 1.54) is 0 Å². The van der Waals surface area contributed by atoms with Crippen LogP contribution in [0.5, 0.6) is 0 Å². The van der Waals surface area contributed by atoms with Crippen LogP contribution in [0.3, 0.4) is 0 Å². The van der Waals surface area contributed by atoms with Crippen LogP contribution in [0.2, 0.25) is 0 Å². The zero-order valence-electron chi connectivity index (χ0n) is 9.27. The SMILES string of the molecule is Cc1ccccc1/C(=N\O)c1sccc1C. The average Bonchev–Trinajstić information content (AvgIpc) is 2.69. The number of nitrogens with zero attached hydrogens (tertiary/aromatic N) is 1. The van der Waals surface area contributed by atoms with Gasteiger partial charge in [-0.05, 0) is 36.4 Å². The molecule has 0 spiro atoms. The molecule has 3 heteroatoms. The fraction of sp³-hybridized carbons (Fsp3) is 0.154. The lowest BCUT2D eigenvalue weighted by molar-refractivity contribution is 0.319. The molecule has 0 saturated heterocycles. The first-order valence-electron chi connectivity index (χ1n) is 5.06. The zero-order valence-corrected chi connectivity index (χ0v) is 10.1. The Balaban J connectivity index is 2.55. The molecule has 16 heavy (non-hydrogen) atoms. The summed E-state index contributed by atoms with van der Waals surface area (Å²) < 4.78 is 0. The van der Waals surface area contributed by atoms with Gasteiger partial charge in [-0.3, -0.25) is 0 Å². The van der Waals surface area contributed by atoms with Crippen molar-refractivity contribution in [2.75, 3.05) is 0 Å². The van der Waals surface area contributed by atoms with Crippen LogP contribution >= 0.6 is 11.3 Å². The molecule has 0 unspecified atom stereocenters. The molecule has 0 aliphatic carbocycles. The molecule has 1 N–H and O–H groups in total. The van der Waals surface area contributed by atoms with Gasteiger partial charge in [0.2, 0.25) is 0 Å². The number of thiophene rings is 1. The number of hydrogen-bond donors (Lipinski definition) is 1. The van der Waals surface area contributed by atoms with E-state index >= 15 is 0 Å². The third kappa shape index (κ3) is 1.86. The lowest BCUT2D eigenvalue weighted by Gasteiger charge is -2.06. The molecule has 0 atom stereocenters. The molecule has 2 aromatic rings. The van der Waals surface area contributed by atoms with Crippen LogP contribution in [-0.2, 0) is 0 Å². The molecule has 1 heterocycles. The van der Waals surface area contributed by atoms with Crippen molar-refractivity contribution >= 4 is 17.0 Å². The van der Waals surface area contributed by atoms with E-state index in [1.807, 2.05) is 49.6 Å². The van der Waals surface area contributed by atoms with E-state index < -0.39 is 0 Å². The molecule has 1 aromatic heterocycles. The Morgan fingerprint density at radius 3 is 2.44 bits per heavy atom. The average molecular weight is 231 g/mol. The molecular weight excluding hydrogens is 218 g/mol. The summed E-state index contributed by atoms with van der Waals surface area (Å²) in [5.41, 5.74) is 3.89. The van der Waals surface area contributed by atoms with Gasteiger partial charge in [0.15, 0.2) is 0 Å². The lowest BCUT2D eigenvalue weighted by Crippen LogP contribution is -2.04. The highest BCUT2D eigenvalue weighted by molar-refractivity contribution is 7.12. The van der Waals surface area contributed by atoms with Gasteiger partial charge >= 0.3 is 0 Å². The van der Waals surface area contributed by atoms with Gasteiger partial charge in [-0.2, -0.15) is 0 Å². The van der Waals surface area contributed by atoms with Crippen LogP contribution < -0.4 is 0 Å². The first kappa shape index (κ1) is 10.9. The second kappa shape index (κ2) is 4.49. The van der Waals surface area contributed by atoms with Crippen molar-refractivity contribution in [2.24, 2.45) is 5.16 Å². The zero-order chi connectivity index (χ0) is 11.5. The molecule has 0 amide bonds. The summed E-state index contributed by atoms with van der Waals surface area (Å²) >= 11 is 1.59. The number of aryl methyl sites for hydroxylation is 2. The molecule has 2 rings (SSSR count). The Morgan fingerprint density at radius 2 is 1.88 bits per heavy atom. The minimum Gasteiger partial charge on any atom is -0.410 e. The maximum Gasteiger partial charge on any atom is 0.127 e. The third-order valence-electron chi connectivity index (χ3n) is 2.58. The Kier molecular flexibility index (Phi) is 3.06. The van der Waals surface area contributed by atoms with Crippen molar-refractivity contribution < 1.29 is 5.21 Å². The quantitative estimate of drug-likeness (QED) is 0.478. The molecule has 0 radical (unpaired) electrons. The van der Waals surface area contributed by atoms with Gasteiger partial charge in [0.25, 0.3) is 0 Å². The van der Waals surface area contributed by atoms with Gasteiger partial charge in [0.05, 0.1) is 4.88 Å². The van der Waals surface area contributed by atoms with E-state index in [0.29, 0.717) is 5.71 Å². The molecule has 0 aliphatic rings. The minimum atomic E-state index is 0.658. The number of oxime groups is 1. The van der Waals surface area contributed by atoms with Gasteiger partial charge in [0, 0.05) is 5.56 Å². The summed E-state index contributed by atoms with van der Waals surface area (Å²) in [5, 5.41) is 14.7. The summed E-state index contributed by atoms with van der Waals surface area (Å²) in [6.45, 7) is 4.04. The lowest BCUT2D eigenvalue weighted by atomic mass is 10.0. The van der Waals surface area contributed by atoms with Crippen LogP contribution in [0.25, 0.3) is 0 Å². The predicted octanol–water partition coefficient (Wildman–Crippen LogP) is 3.59. The van der Waals surface area contributed by atoms with E-state index in [-0.39, 0.29) is 0 Å². The molecule has 0 aliphatic heterocycles. The van der Waals surface area contributed by atoms with Crippen LogP contribution in [0, 0.1) is 13.8 Å². The van der Waals surface area contributed by atoms with Crippen LogP contribution in [0.15, 0.2) is 40.9 Å². The largest absolute Gasteiger partial charge is 0.410 e. The summed E-state index contributed by atoms with van der Waals surface area (Å²) in [6, 6.07) is 9.96. The standard InChI is InChI=1S/C13H13NOS/c1-9-5-3-4-6-11(9)12(14-15)13-10(2)7-8-16-13/h3-8,15H,1-2H3/b14-12+. The van der Waals surface area contributed by atoms with Crippen LogP contribution in [0.4, 0.5) is 0 Å². The fourth-order valence-electron chi connectivity index (χ4n) is 1.68. The highest BCUT2D eigenvalue weighted by Crippen LogP contribution is 2.22. The Hall–Kier alpha value is -1.61. The van der Waals surface area contributed by atoms with Crippen molar-refractivity contribution in [3.63, 3.8) is 0 Å². The third-order valence-corrected chi connectivity index (χ3v) is 3.60. The van der Waals surface area contributed by atoms with Gasteiger partial charge in [-0.1, -0.05) is 29.4 Å². The highest BCUT2D eigenvalue weighted by Gasteiger charge is 2.13. The normalized spacial score (nSPS) is 11.8. The van der Waals surface area contributed by atoms with Crippen molar-refractivity contribution in [1.29, 1.82) is 0 Å². The van der Waals surface area contributed by atoms with Crippen molar-refractivity contribution in [1.82, 2.24) is 0 Å². The van der Waals surface area contributed by atoms with E-state index in [9.17, 15) is 5.21 Å². The topological polar surface area (TPSA) is 32.6 Å². The van der Waals surface area contributed by atoms with E-state index in [0.717, 1.165) is 21.6 Å². The van der Waals surface area contributed by atoms with Crippen molar-refractivity contribution in [2.45, 2.75) is 13.8 Å². The molecule has 0 bridgehead atoms. The van der Waals surface area contributed by atoms with E-state index in [1.54, 1.807) is 11.3 Å². The molecule has 0 fully saturated rings. The van der Waals surface area contributed by atoms with Crippen molar-refractivity contribution in [3.8, 4) is 0 Å². The number of benzene rings is 1. The summed E-state index contributed by atoms with van der Waals surface area (Å²) in [7, 11) is 0. The van der Waals surface area contributed by atoms with Crippen molar-refractivity contribution in [3.05, 3.63) is 57.3 Å². The second-order valence-electron chi connectivity index (χ2n) is 3.70.